The van der Waals surface area contributed by atoms with Crippen LogP contribution in [0, 0.1) is 3.57 Å². The van der Waals surface area contributed by atoms with E-state index in [-0.39, 0.29) is 6.04 Å². The van der Waals surface area contributed by atoms with Crippen molar-refractivity contribution in [3.8, 4) is 5.75 Å². The lowest BCUT2D eigenvalue weighted by Gasteiger charge is -2.28. The average molecular weight is 458 g/mol. The Hall–Kier alpha value is -0.590. The zero-order chi connectivity index (χ0) is 14.8. The summed E-state index contributed by atoms with van der Waals surface area (Å²) in [4.78, 5) is 0. The Labute approximate surface area is 147 Å². The number of rotatable bonds is 3. The van der Waals surface area contributed by atoms with Crippen LogP contribution in [0.5, 0.6) is 5.75 Å². The van der Waals surface area contributed by atoms with Crippen LogP contribution in [0.1, 0.15) is 35.9 Å². The minimum absolute atomic E-state index is 0.0326. The number of hydrogen-bond donors (Lipinski definition) is 1. The molecule has 110 valence electrons. The van der Waals surface area contributed by atoms with Crippen molar-refractivity contribution in [1.29, 1.82) is 0 Å². The lowest BCUT2D eigenvalue weighted by molar-refractivity contribution is 0.259. The minimum atomic E-state index is 0.0326. The number of ether oxygens (including phenoxy) is 1. The summed E-state index contributed by atoms with van der Waals surface area (Å²) in [5.74, 6) is 1.48. The molecule has 2 aromatic rings. The third-order valence-corrected chi connectivity index (χ3v) is 5.37. The lowest BCUT2D eigenvalue weighted by Crippen LogP contribution is -2.20. The van der Waals surface area contributed by atoms with Crippen LogP contribution in [0.2, 0.25) is 0 Å². The highest BCUT2D eigenvalue weighted by Gasteiger charge is 2.24. The molecule has 0 radical (unpaired) electrons. The summed E-state index contributed by atoms with van der Waals surface area (Å²) in [5.41, 5.74) is 8.96. The molecule has 1 aliphatic rings. The average Bonchev–Trinajstić information content (AvgIpc) is 2.50. The van der Waals surface area contributed by atoms with Gasteiger partial charge in [0.1, 0.15) is 5.75 Å². The van der Waals surface area contributed by atoms with Gasteiger partial charge in [-0.05, 0) is 76.7 Å². The molecule has 2 N–H and O–H groups in total. The highest BCUT2D eigenvalue weighted by molar-refractivity contribution is 14.1. The topological polar surface area (TPSA) is 35.2 Å². The van der Waals surface area contributed by atoms with Crippen LogP contribution in [0.4, 0.5) is 0 Å². The third kappa shape index (κ3) is 3.43. The molecule has 1 heterocycles. The number of fused-ring (bicyclic) bond motifs is 1. The van der Waals surface area contributed by atoms with E-state index in [4.69, 9.17) is 10.5 Å². The normalized spacial score (nSPS) is 18.7. The zero-order valence-electron chi connectivity index (χ0n) is 11.6. The van der Waals surface area contributed by atoms with Crippen LogP contribution in [-0.2, 0) is 0 Å². The highest BCUT2D eigenvalue weighted by Crippen LogP contribution is 2.39. The molecule has 0 aromatic heterocycles. The summed E-state index contributed by atoms with van der Waals surface area (Å²) < 4.78 is 8.04. The van der Waals surface area contributed by atoms with E-state index >= 15 is 0 Å². The van der Waals surface area contributed by atoms with Gasteiger partial charge in [0, 0.05) is 14.1 Å². The quantitative estimate of drug-likeness (QED) is 0.657. The number of para-hydroxylation sites is 1. The van der Waals surface area contributed by atoms with Gasteiger partial charge in [0.2, 0.25) is 0 Å². The van der Waals surface area contributed by atoms with Crippen LogP contribution < -0.4 is 10.5 Å². The Morgan fingerprint density at radius 3 is 2.95 bits per heavy atom. The first kappa shape index (κ1) is 15.3. The van der Waals surface area contributed by atoms with Crippen molar-refractivity contribution in [2.45, 2.75) is 24.8 Å². The zero-order valence-corrected chi connectivity index (χ0v) is 15.3. The first-order valence-corrected chi connectivity index (χ1v) is 8.94. The minimum Gasteiger partial charge on any atom is -0.493 e. The molecular formula is C17H17BrINO. The summed E-state index contributed by atoms with van der Waals surface area (Å²) in [6.45, 7) is 0.780. The second-order valence-electron chi connectivity index (χ2n) is 5.38. The maximum absolute atomic E-state index is 6.48. The number of hydrogen-bond acceptors (Lipinski definition) is 2. The molecular weight excluding hydrogens is 441 g/mol. The van der Waals surface area contributed by atoms with Gasteiger partial charge in [-0.3, -0.25) is 0 Å². The molecule has 2 atom stereocenters. The molecule has 0 amide bonds. The maximum Gasteiger partial charge on any atom is 0.122 e. The van der Waals surface area contributed by atoms with E-state index in [1.54, 1.807) is 0 Å². The molecule has 2 unspecified atom stereocenters. The van der Waals surface area contributed by atoms with E-state index < -0.39 is 0 Å². The van der Waals surface area contributed by atoms with E-state index in [0.717, 1.165) is 29.7 Å². The third-order valence-electron chi connectivity index (χ3n) is 3.98. The molecule has 1 aliphatic heterocycles. The second kappa shape index (κ2) is 6.67. The first-order chi connectivity index (χ1) is 10.1. The molecule has 0 saturated carbocycles. The molecule has 21 heavy (non-hydrogen) atoms. The summed E-state index contributed by atoms with van der Waals surface area (Å²) in [5, 5.41) is 0. The molecule has 0 bridgehead atoms. The van der Waals surface area contributed by atoms with Gasteiger partial charge in [-0.15, -0.1) is 0 Å². The van der Waals surface area contributed by atoms with Gasteiger partial charge in [0.15, 0.2) is 0 Å². The smallest absolute Gasteiger partial charge is 0.122 e. The van der Waals surface area contributed by atoms with Crippen molar-refractivity contribution in [2.75, 3.05) is 6.61 Å². The monoisotopic (exact) mass is 457 g/mol. The molecule has 4 heteroatoms. The molecule has 2 nitrogen and oxygen atoms in total. The van der Waals surface area contributed by atoms with Crippen LogP contribution in [0.25, 0.3) is 0 Å². The molecule has 0 spiro atoms. The standard InChI is InChI=1S/C17H17BrINO/c18-15-6-5-12(19)10-14(15)16(20)9-11-7-8-21-17-4-2-1-3-13(11)17/h1-6,10-11,16H,7-9,20H2. The van der Waals surface area contributed by atoms with Gasteiger partial charge in [-0.2, -0.15) is 0 Å². The molecule has 0 fully saturated rings. The Kier molecular flexibility index (Phi) is 4.86. The van der Waals surface area contributed by atoms with E-state index in [1.165, 1.54) is 14.7 Å². The van der Waals surface area contributed by atoms with E-state index in [1.807, 2.05) is 12.1 Å². The molecule has 0 saturated heterocycles. The summed E-state index contributed by atoms with van der Waals surface area (Å²) in [7, 11) is 0. The maximum atomic E-state index is 6.48. The number of nitrogens with two attached hydrogens (primary N) is 1. The Bertz CT molecular complexity index is 646. The van der Waals surface area contributed by atoms with Crippen molar-refractivity contribution in [2.24, 2.45) is 5.73 Å². The van der Waals surface area contributed by atoms with Crippen molar-refractivity contribution in [3.05, 3.63) is 61.6 Å². The Morgan fingerprint density at radius 1 is 1.29 bits per heavy atom. The molecule has 0 aliphatic carbocycles. The fraction of sp³-hybridized carbons (Fsp3) is 0.294. The van der Waals surface area contributed by atoms with Gasteiger partial charge in [0.25, 0.3) is 0 Å². The first-order valence-electron chi connectivity index (χ1n) is 7.07. The predicted molar refractivity (Wildman–Crippen MR) is 97.7 cm³/mol. The van der Waals surface area contributed by atoms with Crippen LogP contribution in [0.3, 0.4) is 0 Å². The van der Waals surface area contributed by atoms with Crippen molar-refractivity contribution < 1.29 is 4.74 Å². The van der Waals surface area contributed by atoms with Crippen LogP contribution in [-0.4, -0.2) is 6.61 Å². The highest BCUT2D eigenvalue weighted by atomic mass is 127. The summed E-state index contributed by atoms with van der Waals surface area (Å²) in [6, 6.07) is 14.7. The Balaban J connectivity index is 1.82. The van der Waals surface area contributed by atoms with Crippen LogP contribution >= 0.6 is 38.5 Å². The fourth-order valence-electron chi connectivity index (χ4n) is 2.89. The summed E-state index contributed by atoms with van der Waals surface area (Å²) in [6.07, 6.45) is 1.98. The predicted octanol–water partition coefficient (Wildman–Crippen LogP) is 5.01. The van der Waals surface area contributed by atoms with Crippen molar-refractivity contribution >= 4 is 38.5 Å². The SMILES string of the molecule is NC(CC1CCOc2ccccc21)c1cc(I)ccc1Br. The van der Waals surface area contributed by atoms with Gasteiger partial charge in [-0.25, -0.2) is 0 Å². The Morgan fingerprint density at radius 2 is 2.10 bits per heavy atom. The van der Waals surface area contributed by atoms with Gasteiger partial charge in [0.05, 0.1) is 6.61 Å². The van der Waals surface area contributed by atoms with Gasteiger partial charge >= 0.3 is 0 Å². The van der Waals surface area contributed by atoms with E-state index in [0.29, 0.717) is 5.92 Å². The lowest BCUT2D eigenvalue weighted by atomic mass is 9.86. The van der Waals surface area contributed by atoms with E-state index in [9.17, 15) is 0 Å². The van der Waals surface area contributed by atoms with Crippen molar-refractivity contribution in [1.82, 2.24) is 0 Å². The van der Waals surface area contributed by atoms with Crippen LogP contribution in [0.15, 0.2) is 46.9 Å². The molecule has 3 rings (SSSR count). The van der Waals surface area contributed by atoms with Gasteiger partial charge in [-0.1, -0.05) is 34.1 Å². The summed E-state index contributed by atoms with van der Waals surface area (Å²) >= 11 is 5.95. The second-order valence-corrected chi connectivity index (χ2v) is 7.48. The largest absolute Gasteiger partial charge is 0.493 e. The molecule has 2 aromatic carbocycles. The number of halogens is 2. The van der Waals surface area contributed by atoms with Gasteiger partial charge < -0.3 is 10.5 Å². The number of benzene rings is 2. The van der Waals surface area contributed by atoms with Crippen molar-refractivity contribution in [3.63, 3.8) is 0 Å². The fourth-order valence-corrected chi connectivity index (χ4v) is 3.95. The van der Waals surface area contributed by atoms with E-state index in [2.05, 4.69) is 68.9 Å².